The summed E-state index contributed by atoms with van der Waals surface area (Å²) in [7, 11) is 0. The van der Waals surface area contributed by atoms with Crippen LogP contribution in [0.2, 0.25) is 0 Å². The summed E-state index contributed by atoms with van der Waals surface area (Å²) in [5.41, 5.74) is 1.26. The lowest BCUT2D eigenvalue weighted by atomic mass is 10.1. The lowest BCUT2D eigenvalue weighted by Gasteiger charge is -2.29. The molecule has 2 heterocycles. The van der Waals surface area contributed by atoms with Gasteiger partial charge in [-0.25, -0.2) is 4.39 Å². The molecule has 0 unspecified atom stereocenters. The highest BCUT2D eigenvalue weighted by Crippen LogP contribution is 2.25. The predicted octanol–water partition coefficient (Wildman–Crippen LogP) is 1.59. The molecule has 0 saturated carbocycles. The van der Waals surface area contributed by atoms with E-state index in [1.54, 1.807) is 13.0 Å². The summed E-state index contributed by atoms with van der Waals surface area (Å²) in [6.07, 6.45) is 0. The van der Waals surface area contributed by atoms with E-state index in [1.807, 2.05) is 11.0 Å². The van der Waals surface area contributed by atoms with E-state index in [-0.39, 0.29) is 5.82 Å². The largest absolute Gasteiger partial charge is 0.367 e. The van der Waals surface area contributed by atoms with Crippen LogP contribution in [0.15, 0.2) is 22.7 Å². The SMILES string of the molecule is Cc1nc(-c2ccc(N3CCNCC3)c(F)c2)no1. The molecule has 19 heavy (non-hydrogen) atoms. The summed E-state index contributed by atoms with van der Waals surface area (Å²) in [6, 6.07) is 5.06. The Morgan fingerprint density at radius 2 is 2.11 bits per heavy atom. The average molecular weight is 262 g/mol. The van der Waals surface area contributed by atoms with Gasteiger partial charge in [0.15, 0.2) is 0 Å². The van der Waals surface area contributed by atoms with Crippen LogP contribution in [0.25, 0.3) is 11.4 Å². The van der Waals surface area contributed by atoms with Gasteiger partial charge in [0, 0.05) is 38.7 Å². The quantitative estimate of drug-likeness (QED) is 0.890. The van der Waals surface area contributed by atoms with Gasteiger partial charge >= 0.3 is 0 Å². The number of aryl methyl sites for hydroxylation is 1. The van der Waals surface area contributed by atoms with Crippen LogP contribution in [0.5, 0.6) is 0 Å². The minimum Gasteiger partial charge on any atom is -0.367 e. The zero-order chi connectivity index (χ0) is 13.2. The van der Waals surface area contributed by atoms with Crippen LogP contribution in [0.1, 0.15) is 5.89 Å². The van der Waals surface area contributed by atoms with E-state index < -0.39 is 0 Å². The highest BCUT2D eigenvalue weighted by atomic mass is 19.1. The van der Waals surface area contributed by atoms with Crippen LogP contribution in [-0.4, -0.2) is 36.3 Å². The van der Waals surface area contributed by atoms with Crippen molar-refractivity contribution in [2.24, 2.45) is 0 Å². The van der Waals surface area contributed by atoms with Gasteiger partial charge in [0.1, 0.15) is 5.82 Å². The zero-order valence-corrected chi connectivity index (χ0v) is 10.7. The van der Waals surface area contributed by atoms with Crippen molar-refractivity contribution in [3.8, 4) is 11.4 Å². The Morgan fingerprint density at radius 3 is 2.74 bits per heavy atom. The fourth-order valence-corrected chi connectivity index (χ4v) is 2.22. The minimum absolute atomic E-state index is 0.248. The summed E-state index contributed by atoms with van der Waals surface area (Å²) < 4.78 is 19.1. The van der Waals surface area contributed by atoms with Gasteiger partial charge in [-0.1, -0.05) is 5.16 Å². The van der Waals surface area contributed by atoms with Crippen LogP contribution in [0, 0.1) is 12.7 Å². The van der Waals surface area contributed by atoms with E-state index in [2.05, 4.69) is 15.5 Å². The second-order valence-electron chi connectivity index (χ2n) is 4.54. The van der Waals surface area contributed by atoms with E-state index in [1.165, 1.54) is 6.07 Å². The number of hydrogen-bond donors (Lipinski definition) is 1. The minimum atomic E-state index is -0.248. The highest BCUT2D eigenvalue weighted by Gasteiger charge is 2.16. The third-order valence-electron chi connectivity index (χ3n) is 3.19. The van der Waals surface area contributed by atoms with Crippen molar-refractivity contribution in [3.63, 3.8) is 0 Å². The molecule has 0 bridgehead atoms. The van der Waals surface area contributed by atoms with Gasteiger partial charge in [-0.15, -0.1) is 0 Å². The molecule has 1 N–H and O–H groups in total. The second kappa shape index (κ2) is 4.97. The van der Waals surface area contributed by atoms with Gasteiger partial charge in [-0.2, -0.15) is 4.98 Å². The van der Waals surface area contributed by atoms with E-state index in [0.29, 0.717) is 23.0 Å². The van der Waals surface area contributed by atoms with Crippen LogP contribution in [0.4, 0.5) is 10.1 Å². The molecule has 6 heteroatoms. The molecule has 1 saturated heterocycles. The van der Waals surface area contributed by atoms with Crippen molar-refractivity contribution in [3.05, 3.63) is 29.9 Å². The van der Waals surface area contributed by atoms with Crippen molar-refractivity contribution in [2.45, 2.75) is 6.92 Å². The van der Waals surface area contributed by atoms with Crippen molar-refractivity contribution in [1.29, 1.82) is 0 Å². The number of piperazine rings is 1. The van der Waals surface area contributed by atoms with Gasteiger partial charge in [0.25, 0.3) is 0 Å². The maximum absolute atomic E-state index is 14.2. The van der Waals surface area contributed by atoms with Crippen LogP contribution < -0.4 is 10.2 Å². The van der Waals surface area contributed by atoms with Gasteiger partial charge in [0.2, 0.25) is 11.7 Å². The first-order chi connectivity index (χ1) is 9.24. The fraction of sp³-hybridized carbons (Fsp3) is 0.385. The standard InChI is InChI=1S/C13H15FN4O/c1-9-16-13(17-19-9)10-2-3-12(11(14)8-10)18-6-4-15-5-7-18/h2-3,8,15H,4-7H2,1H3. The van der Waals surface area contributed by atoms with Crippen molar-refractivity contribution >= 4 is 5.69 Å². The fourth-order valence-electron chi connectivity index (χ4n) is 2.22. The summed E-state index contributed by atoms with van der Waals surface area (Å²) >= 11 is 0. The third kappa shape index (κ3) is 2.44. The molecule has 1 aromatic carbocycles. The van der Waals surface area contributed by atoms with Gasteiger partial charge in [0.05, 0.1) is 5.69 Å². The second-order valence-corrected chi connectivity index (χ2v) is 4.54. The molecule has 0 atom stereocenters. The molecular formula is C13H15FN4O. The number of halogens is 1. The summed E-state index contributed by atoms with van der Waals surface area (Å²) in [5, 5.41) is 7.04. The molecule has 3 rings (SSSR count). The van der Waals surface area contributed by atoms with Crippen LogP contribution in [0.3, 0.4) is 0 Å². The number of hydrogen-bond acceptors (Lipinski definition) is 5. The van der Waals surface area contributed by atoms with Crippen molar-refractivity contribution in [1.82, 2.24) is 15.5 Å². The Kier molecular flexibility index (Phi) is 3.16. The Bertz CT molecular complexity index is 578. The number of nitrogens with one attached hydrogen (secondary N) is 1. The molecule has 0 aliphatic carbocycles. The lowest BCUT2D eigenvalue weighted by Crippen LogP contribution is -2.43. The molecule has 0 spiro atoms. The Hall–Kier alpha value is -1.95. The Morgan fingerprint density at radius 1 is 1.32 bits per heavy atom. The average Bonchev–Trinajstić information content (AvgIpc) is 2.86. The lowest BCUT2D eigenvalue weighted by molar-refractivity contribution is 0.394. The number of benzene rings is 1. The first-order valence-corrected chi connectivity index (χ1v) is 6.30. The zero-order valence-electron chi connectivity index (χ0n) is 10.7. The first-order valence-electron chi connectivity index (χ1n) is 6.30. The number of anilines is 1. The number of nitrogens with zero attached hydrogens (tertiary/aromatic N) is 3. The van der Waals surface area contributed by atoms with Crippen LogP contribution in [-0.2, 0) is 0 Å². The van der Waals surface area contributed by atoms with Crippen LogP contribution >= 0.6 is 0 Å². The van der Waals surface area contributed by atoms with E-state index >= 15 is 0 Å². The molecular weight excluding hydrogens is 247 g/mol. The van der Waals surface area contributed by atoms with E-state index in [4.69, 9.17) is 4.52 Å². The predicted molar refractivity (Wildman–Crippen MR) is 69.5 cm³/mol. The molecule has 0 amide bonds. The van der Waals surface area contributed by atoms with E-state index in [9.17, 15) is 4.39 Å². The Labute approximate surface area is 110 Å². The first kappa shape index (κ1) is 12.1. The molecule has 1 aromatic heterocycles. The molecule has 1 fully saturated rings. The van der Waals surface area contributed by atoms with E-state index in [0.717, 1.165) is 26.2 Å². The highest BCUT2D eigenvalue weighted by molar-refractivity contribution is 5.61. The maximum Gasteiger partial charge on any atom is 0.223 e. The topological polar surface area (TPSA) is 54.2 Å². The number of rotatable bonds is 2. The molecule has 2 aromatic rings. The van der Waals surface area contributed by atoms with Gasteiger partial charge < -0.3 is 14.7 Å². The Balaban J connectivity index is 1.89. The molecule has 5 nitrogen and oxygen atoms in total. The monoisotopic (exact) mass is 262 g/mol. The molecule has 0 radical (unpaired) electrons. The molecule has 1 aliphatic heterocycles. The van der Waals surface area contributed by atoms with Gasteiger partial charge in [-0.05, 0) is 18.2 Å². The smallest absolute Gasteiger partial charge is 0.223 e. The molecule has 1 aliphatic rings. The maximum atomic E-state index is 14.2. The third-order valence-corrected chi connectivity index (χ3v) is 3.19. The van der Waals surface area contributed by atoms with Crippen molar-refractivity contribution < 1.29 is 8.91 Å². The summed E-state index contributed by atoms with van der Waals surface area (Å²) in [6.45, 7) is 5.10. The number of aromatic nitrogens is 2. The molecule has 100 valence electrons. The van der Waals surface area contributed by atoms with Gasteiger partial charge in [-0.3, -0.25) is 0 Å². The normalized spacial score (nSPS) is 15.8. The van der Waals surface area contributed by atoms with Crippen molar-refractivity contribution in [2.75, 3.05) is 31.1 Å². The summed E-state index contributed by atoms with van der Waals surface area (Å²) in [4.78, 5) is 6.13. The summed E-state index contributed by atoms with van der Waals surface area (Å²) in [5.74, 6) is 0.645.